The molecule has 116 valence electrons. The predicted molar refractivity (Wildman–Crippen MR) is 72.8 cm³/mol. The Labute approximate surface area is 125 Å². The molecule has 0 radical (unpaired) electrons. The Kier molecular flexibility index (Phi) is 3.61. The van der Waals surface area contributed by atoms with E-state index in [1.54, 1.807) is 30.5 Å². The molecule has 8 heteroatoms. The van der Waals surface area contributed by atoms with Gasteiger partial charge in [-0.25, -0.2) is 13.5 Å². The van der Waals surface area contributed by atoms with Gasteiger partial charge < -0.3 is 10.0 Å². The molecule has 1 aliphatic rings. The number of hydrogen-bond acceptors (Lipinski definition) is 4. The van der Waals surface area contributed by atoms with Crippen molar-refractivity contribution in [2.24, 2.45) is 0 Å². The number of benzene rings is 1. The highest BCUT2D eigenvalue weighted by Gasteiger charge is 2.44. The van der Waals surface area contributed by atoms with E-state index in [9.17, 15) is 18.7 Å². The fourth-order valence-corrected chi connectivity index (χ4v) is 2.38. The zero-order chi connectivity index (χ0) is 15.7. The molecule has 1 aliphatic heterocycles. The van der Waals surface area contributed by atoms with Crippen molar-refractivity contribution in [1.29, 1.82) is 0 Å². The summed E-state index contributed by atoms with van der Waals surface area (Å²) >= 11 is 0. The number of likely N-dealkylation sites (tertiary alicyclic amines) is 1. The lowest BCUT2D eigenvalue weighted by molar-refractivity contribution is -0.141. The number of amides is 1. The van der Waals surface area contributed by atoms with Gasteiger partial charge in [0.05, 0.1) is 24.6 Å². The van der Waals surface area contributed by atoms with Gasteiger partial charge in [0.25, 0.3) is 11.8 Å². The second-order valence-corrected chi connectivity index (χ2v) is 5.18. The number of carbonyl (C=O) groups is 1. The molecule has 1 amide bonds. The zero-order valence-electron chi connectivity index (χ0n) is 11.6. The van der Waals surface area contributed by atoms with Crippen LogP contribution >= 0.6 is 0 Å². The summed E-state index contributed by atoms with van der Waals surface area (Å²) in [7, 11) is 0. The van der Waals surface area contributed by atoms with Gasteiger partial charge in [-0.2, -0.15) is 0 Å². The summed E-state index contributed by atoms with van der Waals surface area (Å²) in [6.45, 7) is -0.462. The normalized spacial score (nSPS) is 20.9. The average molecular weight is 308 g/mol. The Morgan fingerprint density at radius 2 is 2.23 bits per heavy atom. The molecule has 0 spiro atoms. The highest BCUT2D eigenvalue weighted by Crippen LogP contribution is 2.29. The molecule has 3 rings (SSSR count). The van der Waals surface area contributed by atoms with E-state index < -0.39 is 24.4 Å². The first-order chi connectivity index (χ1) is 10.5. The largest absolute Gasteiger partial charge is 0.385 e. The third-order valence-corrected chi connectivity index (χ3v) is 3.66. The van der Waals surface area contributed by atoms with Crippen LogP contribution in [0.25, 0.3) is 5.69 Å². The summed E-state index contributed by atoms with van der Waals surface area (Å²) in [6.07, 6.45) is 0.776. The lowest BCUT2D eigenvalue weighted by Crippen LogP contribution is -2.52. The Bertz CT molecular complexity index is 675. The summed E-state index contributed by atoms with van der Waals surface area (Å²) in [4.78, 5) is 13.6. The van der Waals surface area contributed by atoms with Crippen LogP contribution in [0.1, 0.15) is 16.8 Å². The molecule has 0 unspecified atom stereocenters. The maximum Gasteiger partial charge on any atom is 0.276 e. The number of carbonyl (C=O) groups excluding carboxylic acids is 1. The maximum absolute atomic E-state index is 13.3. The van der Waals surface area contributed by atoms with Gasteiger partial charge in [0.2, 0.25) is 0 Å². The van der Waals surface area contributed by atoms with Crippen LogP contribution in [0, 0.1) is 0 Å². The summed E-state index contributed by atoms with van der Waals surface area (Å²) in [5.74, 6) is -3.53. The highest BCUT2D eigenvalue weighted by molar-refractivity contribution is 5.94. The number of β-amino-alcohol motifs (C(OH)–C–C–N with tert-alkyl or cyclic N) is 1. The number of halogens is 2. The first-order valence-corrected chi connectivity index (χ1v) is 6.79. The molecular weight excluding hydrogens is 294 g/mol. The minimum absolute atomic E-state index is 0.0869. The van der Waals surface area contributed by atoms with E-state index in [2.05, 4.69) is 10.3 Å². The van der Waals surface area contributed by atoms with Gasteiger partial charge in [0.1, 0.15) is 6.10 Å². The Balaban J connectivity index is 1.80. The number of hydrogen-bond donors (Lipinski definition) is 1. The molecule has 1 atom stereocenters. The first kappa shape index (κ1) is 14.6. The molecule has 1 aromatic heterocycles. The molecule has 2 aromatic rings. The van der Waals surface area contributed by atoms with Gasteiger partial charge >= 0.3 is 0 Å². The number of alkyl halides is 2. The van der Waals surface area contributed by atoms with E-state index >= 15 is 0 Å². The van der Waals surface area contributed by atoms with Crippen molar-refractivity contribution < 1.29 is 18.7 Å². The number of piperidine rings is 1. The summed E-state index contributed by atoms with van der Waals surface area (Å²) in [5.41, 5.74) is 0.997. The van der Waals surface area contributed by atoms with E-state index in [0.717, 1.165) is 0 Å². The molecule has 0 saturated carbocycles. The quantitative estimate of drug-likeness (QED) is 0.902. The van der Waals surface area contributed by atoms with Crippen LogP contribution in [0.2, 0.25) is 0 Å². The van der Waals surface area contributed by atoms with E-state index in [1.807, 2.05) is 0 Å². The van der Waals surface area contributed by atoms with Gasteiger partial charge in [0.15, 0.2) is 0 Å². The van der Waals surface area contributed by atoms with Crippen LogP contribution in [-0.4, -0.2) is 56.0 Å². The van der Waals surface area contributed by atoms with Crippen LogP contribution in [-0.2, 0) is 0 Å². The molecular formula is C14H14F2N4O2. The smallest absolute Gasteiger partial charge is 0.276 e. The van der Waals surface area contributed by atoms with Gasteiger partial charge in [-0.05, 0) is 18.2 Å². The standard InChI is InChI=1S/C14H14F2N4O2/c15-14(16)4-6-19(9-12(14)21)13(22)10-2-1-3-11(8-10)20-7-5-17-18-20/h1-3,5,7-8,12,21H,4,6,9H2/t12-/m0/s1. The third-order valence-electron chi connectivity index (χ3n) is 3.66. The summed E-state index contributed by atoms with van der Waals surface area (Å²) < 4.78 is 28.1. The first-order valence-electron chi connectivity index (χ1n) is 6.79. The molecule has 2 heterocycles. The number of aliphatic hydroxyl groups is 1. The number of rotatable bonds is 2. The highest BCUT2D eigenvalue weighted by atomic mass is 19.3. The van der Waals surface area contributed by atoms with Crippen LogP contribution < -0.4 is 0 Å². The van der Waals surface area contributed by atoms with Crippen molar-refractivity contribution in [2.75, 3.05) is 13.1 Å². The Morgan fingerprint density at radius 1 is 1.41 bits per heavy atom. The van der Waals surface area contributed by atoms with E-state index in [0.29, 0.717) is 11.3 Å². The second-order valence-electron chi connectivity index (χ2n) is 5.18. The number of aromatic nitrogens is 3. The maximum atomic E-state index is 13.3. The molecule has 1 N–H and O–H groups in total. The molecule has 1 fully saturated rings. The molecule has 22 heavy (non-hydrogen) atoms. The van der Waals surface area contributed by atoms with Crippen LogP contribution in [0.4, 0.5) is 8.78 Å². The average Bonchev–Trinajstić information content (AvgIpc) is 3.04. The minimum Gasteiger partial charge on any atom is -0.385 e. The Morgan fingerprint density at radius 3 is 2.91 bits per heavy atom. The third kappa shape index (κ3) is 2.69. The van der Waals surface area contributed by atoms with Gasteiger partial charge in [-0.3, -0.25) is 4.79 Å². The fourth-order valence-electron chi connectivity index (χ4n) is 2.38. The summed E-state index contributed by atoms with van der Waals surface area (Å²) in [6, 6.07) is 6.64. The van der Waals surface area contributed by atoms with E-state index in [1.165, 1.54) is 15.8 Å². The van der Waals surface area contributed by atoms with E-state index in [-0.39, 0.29) is 13.1 Å². The minimum atomic E-state index is -3.14. The van der Waals surface area contributed by atoms with Crippen molar-refractivity contribution in [3.8, 4) is 5.69 Å². The van der Waals surface area contributed by atoms with Crippen molar-refractivity contribution >= 4 is 5.91 Å². The van der Waals surface area contributed by atoms with Gasteiger partial charge in [-0.1, -0.05) is 11.3 Å². The fraction of sp³-hybridized carbons (Fsp3) is 0.357. The molecule has 1 aromatic carbocycles. The zero-order valence-corrected chi connectivity index (χ0v) is 11.6. The molecule has 1 saturated heterocycles. The van der Waals surface area contributed by atoms with Crippen molar-refractivity contribution in [2.45, 2.75) is 18.4 Å². The van der Waals surface area contributed by atoms with Crippen LogP contribution in [0.15, 0.2) is 36.7 Å². The topological polar surface area (TPSA) is 71.2 Å². The van der Waals surface area contributed by atoms with E-state index in [4.69, 9.17) is 0 Å². The second kappa shape index (κ2) is 5.45. The van der Waals surface area contributed by atoms with Gasteiger partial charge in [0, 0.05) is 18.5 Å². The van der Waals surface area contributed by atoms with Gasteiger partial charge in [-0.15, -0.1) is 5.10 Å². The van der Waals surface area contributed by atoms with Crippen molar-refractivity contribution in [3.05, 3.63) is 42.2 Å². The van der Waals surface area contributed by atoms with Crippen LogP contribution in [0.5, 0.6) is 0 Å². The van der Waals surface area contributed by atoms with Crippen molar-refractivity contribution in [1.82, 2.24) is 19.9 Å². The molecule has 0 bridgehead atoms. The molecule has 6 nitrogen and oxygen atoms in total. The predicted octanol–water partition coefficient (Wildman–Crippen LogP) is 1.11. The number of nitrogens with zero attached hydrogens (tertiary/aromatic N) is 4. The summed E-state index contributed by atoms with van der Waals surface area (Å²) in [5, 5.41) is 17.0. The lowest BCUT2D eigenvalue weighted by atomic mass is 10.0. The Hall–Kier alpha value is -2.35. The van der Waals surface area contributed by atoms with Crippen molar-refractivity contribution in [3.63, 3.8) is 0 Å². The monoisotopic (exact) mass is 308 g/mol. The van der Waals surface area contributed by atoms with Crippen LogP contribution in [0.3, 0.4) is 0 Å². The lowest BCUT2D eigenvalue weighted by Gasteiger charge is -2.35. The number of aliphatic hydroxyl groups excluding tert-OH is 1. The SMILES string of the molecule is O=C(c1cccc(-n2ccnn2)c1)N1CCC(F)(F)[C@@H](O)C1. The molecule has 0 aliphatic carbocycles.